The molecule has 0 heterocycles. The van der Waals surface area contributed by atoms with Gasteiger partial charge in [0.1, 0.15) is 0 Å². The van der Waals surface area contributed by atoms with Crippen LogP contribution in [0.5, 0.6) is 0 Å². The molecule has 3 heteroatoms. The summed E-state index contributed by atoms with van der Waals surface area (Å²) < 4.78 is 1.06. The van der Waals surface area contributed by atoms with Crippen LogP contribution in [-0.4, -0.2) is 5.91 Å². The van der Waals surface area contributed by atoms with E-state index in [9.17, 15) is 4.79 Å². The van der Waals surface area contributed by atoms with Crippen LogP contribution in [0.1, 0.15) is 51.5 Å². The van der Waals surface area contributed by atoms with Crippen molar-refractivity contribution in [3.8, 4) is 0 Å². The first kappa shape index (κ1) is 15.6. The predicted octanol–water partition coefficient (Wildman–Crippen LogP) is 4.67. The smallest absolute Gasteiger partial charge is 0.226 e. The van der Waals surface area contributed by atoms with Gasteiger partial charge in [0.25, 0.3) is 0 Å². The molecule has 0 atom stereocenters. The molecule has 0 unspecified atom stereocenters. The molecule has 1 amide bonds. The van der Waals surface area contributed by atoms with Crippen LogP contribution < -0.4 is 5.32 Å². The minimum atomic E-state index is -0.111. The second-order valence-electron chi connectivity index (χ2n) is 6.40. The molecule has 1 fully saturated rings. The highest BCUT2D eigenvalue weighted by molar-refractivity contribution is 9.10. The Morgan fingerprint density at radius 2 is 2.05 bits per heavy atom. The number of hydrogen-bond acceptors (Lipinski definition) is 1. The van der Waals surface area contributed by atoms with E-state index in [2.05, 4.69) is 47.2 Å². The lowest BCUT2D eigenvalue weighted by Crippen LogP contribution is -2.39. The van der Waals surface area contributed by atoms with Crippen molar-refractivity contribution in [2.24, 2.45) is 11.3 Å². The zero-order chi connectivity index (χ0) is 14.6. The molecular weight excluding hydrogens is 314 g/mol. The summed E-state index contributed by atoms with van der Waals surface area (Å²) in [5.41, 5.74) is 1.03. The van der Waals surface area contributed by atoms with Crippen molar-refractivity contribution in [1.29, 1.82) is 0 Å². The summed E-state index contributed by atoms with van der Waals surface area (Å²) in [4.78, 5) is 12.6. The average Bonchev–Trinajstić information content (AvgIpc) is 2.85. The van der Waals surface area contributed by atoms with Gasteiger partial charge < -0.3 is 5.32 Å². The second kappa shape index (κ2) is 6.75. The number of carbonyl (C=O) groups is 1. The Kier molecular flexibility index (Phi) is 5.25. The van der Waals surface area contributed by atoms with E-state index in [4.69, 9.17) is 0 Å². The van der Waals surface area contributed by atoms with E-state index in [0.29, 0.717) is 12.5 Å². The monoisotopic (exact) mass is 337 g/mol. The summed E-state index contributed by atoms with van der Waals surface area (Å²) in [6.07, 6.45) is 5.50. The number of benzene rings is 1. The van der Waals surface area contributed by atoms with Crippen molar-refractivity contribution in [2.75, 3.05) is 0 Å². The van der Waals surface area contributed by atoms with Gasteiger partial charge in [-0.25, -0.2) is 0 Å². The quantitative estimate of drug-likeness (QED) is 0.830. The van der Waals surface area contributed by atoms with Gasteiger partial charge in [-0.15, -0.1) is 0 Å². The van der Waals surface area contributed by atoms with Gasteiger partial charge in [-0.05, 0) is 42.9 Å². The van der Waals surface area contributed by atoms with Gasteiger partial charge in [-0.1, -0.05) is 54.8 Å². The van der Waals surface area contributed by atoms with E-state index in [1.54, 1.807) is 0 Å². The summed E-state index contributed by atoms with van der Waals surface area (Å²) in [5.74, 6) is 0.827. The molecule has 2 nitrogen and oxygen atoms in total. The number of carbonyl (C=O) groups excluding carboxylic acids is 1. The summed E-state index contributed by atoms with van der Waals surface area (Å²) >= 11 is 3.47. The van der Waals surface area contributed by atoms with Crippen LogP contribution in [0.3, 0.4) is 0 Å². The molecule has 1 aromatic rings. The summed E-state index contributed by atoms with van der Waals surface area (Å²) in [5, 5.41) is 3.15. The number of amides is 1. The first-order chi connectivity index (χ1) is 9.52. The van der Waals surface area contributed by atoms with E-state index >= 15 is 0 Å². The molecule has 1 N–H and O–H groups in total. The van der Waals surface area contributed by atoms with Crippen LogP contribution >= 0.6 is 15.9 Å². The Morgan fingerprint density at radius 1 is 1.35 bits per heavy atom. The van der Waals surface area contributed by atoms with Crippen molar-refractivity contribution < 1.29 is 4.79 Å². The van der Waals surface area contributed by atoms with Gasteiger partial charge in [0.05, 0.1) is 0 Å². The van der Waals surface area contributed by atoms with E-state index in [0.717, 1.165) is 29.3 Å². The fraction of sp³-hybridized carbons (Fsp3) is 0.588. The molecule has 1 aliphatic rings. The minimum absolute atomic E-state index is 0.111. The molecule has 1 aliphatic carbocycles. The van der Waals surface area contributed by atoms with Crippen molar-refractivity contribution in [3.05, 3.63) is 34.3 Å². The van der Waals surface area contributed by atoms with Crippen molar-refractivity contribution in [2.45, 2.75) is 52.5 Å². The highest BCUT2D eigenvalue weighted by Gasteiger charge is 2.41. The first-order valence-corrected chi connectivity index (χ1v) is 8.34. The molecule has 1 saturated carbocycles. The molecule has 0 aromatic heterocycles. The van der Waals surface area contributed by atoms with E-state index in [-0.39, 0.29) is 11.3 Å². The fourth-order valence-electron chi connectivity index (χ4n) is 3.37. The van der Waals surface area contributed by atoms with Crippen LogP contribution in [0.2, 0.25) is 0 Å². The molecule has 0 aliphatic heterocycles. The summed E-state index contributed by atoms with van der Waals surface area (Å²) in [6, 6.07) is 8.12. The second-order valence-corrected chi connectivity index (χ2v) is 7.31. The maximum atomic E-state index is 12.6. The van der Waals surface area contributed by atoms with Gasteiger partial charge in [-0.2, -0.15) is 0 Å². The maximum absolute atomic E-state index is 12.6. The van der Waals surface area contributed by atoms with E-state index < -0.39 is 0 Å². The SMILES string of the molecule is CC(C)CC1(C(=O)NCc2cccc(Br)c2)CCCC1. The van der Waals surface area contributed by atoms with E-state index in [1.165, 1.54) is 12.8 Å². The Hall–Kier alpha value is -0.830. The predicted molar refractivity (Wildman–Crippen MR) is 86.3 cm³/mol. The third-order valence-electron chi connectivity index (χ3n) is 4.18. The van der Waals surface area contributed by atoms with Crippen LogP contribution in [0.25, 0.3) is 0 Å². The average molecular weight is 338 g/mol. The molecule has 0 radical (unpaired) electrons. The standard InChI is InChI=1S/C17H24BrNO/c1-13(2)11-17(8-3-4-9-17)16(20)19-12-14-6-5-7-15(18)10-14/h5-7,10,13H,3-4,8-9,11-12H2,1-2H3,(H,19,20). The molecule has 0 saturated heterocycles. The zero-order valence-electron chi connectivity index (χ0n) is 12.4. The van der Waals surface area contributed by atoms with Crippen LogP contribution in [0.15, 0.2) is 28.7 Å². The maximum Gasteiger partial charge on any atom is 0.226 e. The molecule has 110 valence electrons. The number of halogens is 1. The lowest BCUT2D eigenvalue weighted by molar-refractivity contribution is -0.132. The zero-order valence-corrected chi connectivity index (χ0v) is 14.0. The molecule has 20 heavy (non-hydrogen) atoms. The fourth-order valence-corrected chi connectivity index (χ4v) is 3.82. The molecule has 0 bridgehead atoms. The Balaban J connectivity index is 1.99. The largest absolute Gasteiger partial charge is 0.352 e. The normalized spacial score (nSPS) is 17.4. The van der Waals surface area contributed by atoms with Crippen molar-refractivity contribution in [3.63, 3.8) is 0 Å². The van der Waals surface area contributed by atoms with Crippen molar-refractivity contribution >= 4 is 21.8 Å². The van der Waals surface area contributed by atoms with Gasteiger partial charge in [-0.3, -0.25) is 4.79 Å². The number of rotatable bonds is 5. The highest BCUT2D eigenvalue weighted by Crippen LogP contribution is 2.43. The minimum Gasteiger partial charge on any atom is -0.352 e. The first-order valence-electron chi connectivity index (χ1n) is 7.55. The van der Waals surface area contributed by atoms with Crippen LogP contribution in [0.4, 0.5) is 0 Å². The van der Waals surface area contributed by atoms with Gasteiger partial charge in [0.2, 0.25) is 5.91 Å². The third kappa shape index (κ3) is 3.85. The molecule has 2 rings (SSSR count). The Bertz CT molecular complexity index is 464. The van der Waals surface area contributed by atoms with Crippen LogP contribution in [-0.2, 0) is 11.3 Å². The molecular formula is C17H24BrNO. The Labute approximate surface area is 130 Å². The summed E-state index contributed by atoms with van der Waals surface area (Å²) in [7, 11) is 0. The molecule has 1 aromatic carbocycles. The number of hydrogen-bond donors (Lipinski definition) is 1. The van der Waals surface area contributed by atoms with Gasteiger partial charge >= 0.3 is 0 Å². The lowest BCUT2D eigenvalue weighted by atomic mass is 9.77. The van der Waals surface area contributed by atoms with Gasteiger partial charge in [0.15, 0.2) is 0 Å². The lowest BCUT2D eigenvalue weighted by Gasteiger charge is -2.29. The highest BCUT2D eigenvalue weighted by atomic mass is 79.9. The topological polar surface area (TPSA) is 29.1 Å². The van der Waals surface area contributed by atoms with Crippen LogP contribution in [0, 0.1) is 11.3 Å². The number of nitrogens with one attached hydrogen (secondary N) is 1. The van der Waals surface area contributed by atoms with Gasteiger partial charge in [0, 0.05) is 16.4 Å². The third-order valence-corrected chi connectivity index (χ3v) is 4.68. The summed E-state index contributed by atoms with van der Waals surface area (Å²) in [6.45, 7) is 5.04. The van der Waals surface area contributed by atoms with Crippen molar-refractivity contribution in [1.82, 2.24) is 5.32 Å². The van der Waals surface area contributed by atoms with E-state index in [1.807, 2.05) is 12.1 Å². The molecule has 0 spiro atoms. The Morgan fingerprint density at radius 3 is 2.65 bits per heavy atom.